The summed E-state index contributed by atoms with van der Waals surface area (Å²) in [5.41, 5.74) is 0.991. The van der Waals surface area contributed by atoms with Crippen LogP contribution in [0.15, 0.2) is 22.8 Å². The first-order valence-corrected chi connectivity index (χ1v) is 9.14. The van der Waals surface area contributed by atoms with E-state index in [0.29, 0.717) is 11.7 Å². The van der Waals surface area contributed by atoms with Crippen molar-refractivity contribution in [3.63, 3.8) is 0 Å². The minimum atomic E-state index is -0.301. The van der Waals surface area contributed by atoms with Crippen LogP contribution in [0.4, 0.5) is 5.13 Å². The highest BCUT2D eigenvalue weighted by Crippen LogP contribution is 2.32. The number of thiazole rings is 1. The lowest BCUT2D eigenvalue weighted by molar-refractivity contribution is -0.136. The predicted molar refractivity (Wildman–Crippen MR) is 89.9 cm³/mol. The van der Waals surface area contributed by atoms with Gasteiger partial charge in [-0.05, 0) is 25.0 Å². The van der Waals surface area contributed by atoms with Crippen molar-refractivity contribution in [1.82, 2.24) is 9.88 Å². The van der Waals surface area contributed by atoms with Gasteiger partial charge in [0.25, 0.3) is 5.91 Å². The zero-order valence-electron chi connectivity index (χ0n) is 13.3. The second kappa shape index (κ2) is 6.39. The Bertz CT molecular complexity index is 747. The summed E-state index contributed by atoms with van der Waals surface area (Å²) in [6.07, 6.45) is 6.60. The second-order valence-electron chi connectivity index (χ2n) is 6.31. The summed E-state index contributed by atoms with van der Waals surface area (Å²) in [4.78, 5) is 32.1. The van der Waals surface area contributed by atoms with E-state index in [1.165, 1.54) is 30.4 Å². The Labute approximate surface area is 143 Å². The van der Waals surface area contributed by atoms with Gasteiger partial charge in [-0.2, -0.15) is 0 Å². The molecule has 1 fully saturated rings. The maximum atomic E-state index is 12.6. The highest BCUT2D eigenvalue weighted by Gasteiger charge is 2.30. The molecule has 6 nitrogen and oxygen atoms in total. The van der Waals surface area contributed by atoms with E-state index in [9.17, 15) is 9.59 Å². The van der Waals surface area contributed by atoms with Crippen molar-refractivity contribution in [2.24, 2.45) is 5.92 Å². The number of carbonyl (C=O) groups excluding carboxylic acids is 2. The molecule has 1 N–H and O–H groups in total. The lowest BCUT2D eigenvalue weighted by atomic mass is 10.0. The lowest BCUT2D eigenvalue weighted by Crippen LogP contribution is -2.38. The van der Waals surface area contributed by atoms with E-state index in [4.69, 9.17) is 4.42 Å². The zero-order chi connectivity index (χ0) is 16.5. The molecule has 126 valence electrons. The van der Waals surface area contributed by atoms with E-state index in [-0.39, 0.29) is 23.5 Å². The van der Waals surface area contributed by atoms with Gasteiger partial charge in [0.05, 0.1) is 18.5 Å². The van der Waals surface area contributed by atoms with Crippen LogP contribution in [0.3, 0.4) is 0 Å². The fourth-order valence-electron chi connectivity index (χ4n) is 3.43. The third kappa shape index (κ3) is 2.96. The van der Waals surface area contributed by atoms with Crippen LogP contribution in [0.1, 0.15) is 46.8 Å². The first-order valence-electron chi connectivity index (χ1n) is 8.33. The summed E-state index contributed by atoms with van der Waals surface area (Å²) in [5.74, 6) is 0.455. The molecule has 2 aromatic rings. The third-order valence-electron chi connectivity index (χ3n) is 4.71. The molecule has 4 rings (SSSR count). The number of fused-ring (bicyclic) bond motifs is 1. The highest BCUT2D eigenvalue weighted by molar-refractivity contribution is 7.15. The Kier molecular flexibility index (Phi) is 4.10. The van der Waals surface area contributed by atoms with E-state index >= 15 is 0 Å². The second-order valence-corrected chi connectivity index (χ2v) is 7.40. The number of amides is 2. The number of anilines is 1. The molecule has 0 aromatic carbocycles. The van der Waals surface area contributed by atoms with E-state index in [1.807, 2.05) is 4.90 Å². The quantitative estimate of drug-likeness (QED) is 0.928. The van der Waals surface area contributed by atoms with Crippen LogP contribution >= 0.6 is 11.3 Å². The molecular formula is C17H19N3O3S. The molecule has 0 unspecified atom stereocenters. The Morgan fingerprint density at radius 1 is 1.33 bits per heavy atom. The average molecular weight is 345 g/mol. The molecule has 0 bridgehead atoms. The summed E-state index contributed by atoms with van der Waals surface area (Å²) >= 11 is 1.45. The Balaban J connectivity index is 1.44. The van der Waals surface area contributed by atoms with E-state index in [2.05, 4.69) is 10.3 Å². The molecule has 1 aliphatic heterocycles. The van der Waals surface area contributed by atoms with Gasteiger partial charge in [-0.25, -0.2) is 4.98 Å². The molecule has 1 aliphatic carbocycles. The fourth-order valence-corrected chi connectivity index (χ4v) is 4.45. The van der Waals surface area contributed by atoms with Gasteiger partial charge in [-0.3, -0.25) is 14.9 Å². The third-order valence-corrected chi connectivity index (χ3v) is 5.71. The number of furan rings is 1. The summed E-state index contributed by atoms with van der Waals surface area (Å²) in [5, 5.41) is 3.34. The summed E-state index contributed by atoms with van der Waals surface area (Å²) in [6.45, 7) is 1.33. The van der Waals surface area contributed by atoms with Gasteiger partial charge in [-0.1, -0.05) is 24.2 Å². The molecule has 7 heteroatoms. The molecule has 0 atom stereocenters. The molecule has 1 saturated carbocycles. The smallest absolute Gasteiger partial charge is 0.293 e. The molecule has 2 amide bonds. The fraction of sp³-hybridized carbons (Fsp3) is 0.471. The first kappa shape index (κ1) is 15.4. The van der Waals surface area contributed by atoms with E-state index < -0.39 is 0 Å². The van der Waals surface area contributed by atoms with Gasteiger partial charge >= 0.3 is 0 Å². The average Bonchev–Trinajstić information content (AvgIpc) is 3.32. The monoisotopic (exact) mass is 345 g/mol. The molecule has 24 heavy (non-hydrogen) atoms. The highest BCUT2D eigenvalue weighted by atomic mass is 32.1. The summed E-state index contributed by atoms with van der Waals surface area (Å²) < 4.78 is 5.09. The van der Waals surface area contributed by atoms with Gasteiger partial charge < -0.3 is 9.32 Å². The first-order chi connectivity index (χ1) is 11.7. The Morgan fingerprint density at radius 2 is 2.17 bits per heavy atom. The van der Waals surface area contributed by atoms with Gasteiger partial charge in [0.2, 0.25) is 5.91 Å². The Morgan fingerprint density at radius 3 is 2.92 bits per heavy atom. The molecule has 3 heterocycles. The van der Waals surface area contributed by atoms with Crippen molar-refractivity contribution >= 4 is 28.3 Å². The van der Waals surface area contributed by atoms with Crippen LogP contribution in [0.25, 0.3) is 0 Å². The molecule has 0 spiro atoms. The number of nitrogens with one attached hydrogen (secondary N) is 1. The molecule has 0 radical (unpaired) electrons. The lowest BCUT2D eigenvalue weighted by Gasteiger charge is -2.28. The number of nitrogens with zero attached hydrogens (tertiary/aromatic N) is 2. The van der Waals surface area contributed by atoms with Gasteiger partial charge in [0, 0.05) is 23.8 Å². The summed E-state index contributed by atoms with van der Waals surface area (Å²) in [7, 11) is 0. The largest absolute Gasteiger partial charge is 0.459 e. The molecule has 2 aromatic heterocycles. The van der Waals surface area contributed by atoms with E-state index in [1.54, 1.807) is 12.1 Å². The van der Waals surface area contributed by atoms with Crippen molar-refractivity contribution in [3.8, 4) is 0 Å². The normalized spacial score (nSPS) is 17.8. The molecular weight excluding hydrogens is 326 g/mol. The minimum absolute atomic E-state index is 0.206. The molecule has 2 aliphatic rings. The Hall–Kier alpha value is -2.15. The van der Waals surface area contributed by atoms with Crippen molar-refractivity contribution in [2.45, 2.75) is 38.6 Å². The number of hydrogen-bond acceptors (Lipinski definition) is 5. The number of rotatable bonds is 3. The van der Waals surface area contributed by atoms with Gasteiger partial charge in [-0.15, -0.1) is 0 Å². The predicted octanol–water partition coefficient (Wildman–Crippen LogP) is 3.06. The minimum Gasteiger partial charge on any atom is -0.459 e. The topological polar surface area (TPSA) is 75.4 Å². The maximum absolute atomic E-state index is 12.6. The standard InChI is InChI=1S/C17H19N3O3S/c21-15(13-6-3-9-23-13)19-17-18-12-7-8-20(10-14(12)24-17)16(22)11-4-1-2-5-11/h3,6,9,11H,1-2,4-5,7-8,10H2,(H,18,19,21). The van der Waals surface area contributed by atoms with Crippen molar-refractivity contribution in [3.05, 3.63) is 34.7 Å². The number of hydrogen-bond donors (Lipinski definition) is 1. The van der Waals surface area contributed by atoms with Crippen LogP contribution in [0, 0.1) is 5.92 Å². The van der Waals surface area contributed by atoms with Crippen LogP contribution in [0.2, 0.25) is 0 Å². The van der Waals surface area contributed by atoms with Crippen LogP contribution in [-0.2, 0) is 17.8 Å². The van der Waals surface area contributed by atoms with Crippen LogP contribution in [-0.4, -0.2) is 28.2 Å². The number of aromatic nitrogens is 1. The van der Waals surface area contributed by atoms with Crippen molar-refractivity contribution in [1.29, 1.82) is 0 Å². The maximum Gasteiger partial charge on any atom is 0.293 e. The van der Waals surface area contributed by atoms with Crippen LogP contribution < -0.4 is 5.32 Å². The van der Waals surface area contributed by atoms with Gasteiger partial charge in [0.1, 0.15) is 0 Å². The zero-order valence-corrected chi connectivity index (χ0v) is 14.1. The van der Waals surface area contributed by atoms with Crippen molar-refractivity contribution < 1.29 is 14.0 Å². The summed E-state index contributed by atoms with van der Waals surface area (Å²) in [6, 6.07) is 3.29. The van der Waals surface area contributed by atoms with Gasteiger partial charge in [0.15, 0.2) is 10.9 Å². The SMILES string of the molecule is O=C(Nc1nc2c(s1)CN(C(=O)C1CCCC1)CC2)c1ccco1. The molecule has 0 saturated heterocycles. The van der Waals surface area contributed by atoms with E-state index in [0.717, 1.165) is 36.4 Å². The number of carbonyl (C=O) groups is 2. The van der Waals surface area contributed by atoms with Crippen LogP contribution in [0.5, 0.6) is 0 Å². The van der Waals surface area contributed by atoms with Crippen molar-refractivity contribution in [2.75, 3.05) is 11.9 Å².